The first-order valence-electron chi connectivity index (χ1n) is 6.25. The Bertz CT molecular complexity index is 623. The molecule has 0 saturated heterocycles. The number of anilines is 1. The lowest BCUT2D eigenvalue weighted by Crippen LogP contribution is -2.18. The Balaban J connectivity index is 2.28. The van der Waals surface area contributed by atoms with Gasteiger partial charge in [-0.3, -0.25) is 9.78 Å². The van der Waals surface area contributed by atoms with Crippen LogP contribution in [0.1, 0.15) is 35.9 Å². The van der Waals surface area contributed by atoms with E-state index in [9.17, 15) is 9.90 Å². The molecule has 2 rings (SSSR count). The molecule has 0 atom stereocenters. The number of carbonyl (C=O) groups is 1. The second-order valence-corrected chi connectivity index (χ2v) is 5.61. The molecule has 6 heteroatoms. The van der Waals surface area contributed by atoms with Crippen molar-refractivity contribution in [3.63, 3.8) is 0 Å². The van der Waals surface area contributed by atoms with E-state index in [1.807, 2.05) is 24.6 Å². The fraction of sp³-hybridized carbons (Fsp3) is 0.286. The van der Waals surface area contributed by atoms with E-state index in [1.165, 1.54) is 6.20 Å². The molecular formula is C14H16BrN3O2. The van der Waals surface area contributed by atoms with E-state index in [2.05, 4.69) is 26.2 Å². The van der Waals surface area contributed by atoms with Gasteiger partial charge in [0.25, 0.3) is 5.91 Å². The Hall–Kier alpha value is -1.66. The van der Waals surface area contributed by atoms with Crippen molar-refractivity contribution in [3.05, 3.63) is 46.5 Å². The predicted molar refractivity (Wildman–Crippen MR) is 80.6 cm³/mol. The molecule has 2 aromatic rings. The molecule has 0 radical (unpaired) electrons. The topological polar surface area (TPSA) is 67.2 Å². The summed E-state index contributed by atoms with van der Waals surface area (Å²) in [6, 6.07) is 3.62. The summed E-state index contributed by atoms with van der Waals surface area (Å²) in [5.74, 6) is -0.230. The molecule has 0 aliphatic rings. The van der Waals surface area contributed by atoms with Crippen molar-refractivity contribution in [1.82, 2.24) is 9.55 Å². The summed E-state index contributed by atoms with van der Waals surface area (Å²) in [6.07, 6.45) is 4.98. The minimum Gasteiger partial charge on any atom is -0.392 e. The second kappa shape index (κ2) is 6.19. The zero-order valence-electron chi connectivity index (χ0n) is 11.3. The van der Waals surface area contributed by atoms with Gasteiger partial charge in [-0.1, -0.05) is 0 Å². The molecule has 0 aliphatic carbocycles. The summed E-state index contributed by atoms with van der Waals surface area (Å²) >= 11 is 3.38. The molecule has 106 valence electrons. The summed E-state index contributed by atoms with van der Waals surface area (Å²) < 4.78 is 2.74. The van der Waals surface area contributed by atoms with Crippen LogP contribution in [0.5, 0.6) is 0 Å². The first-order valence-corrected chi connectivity index (χ1v) is 7.04. The van der Waals surface area contributed by atoms with Gasteiger partial charge in [0.15, 0.2) is 0 Å². The van der Waals surface area contributed by atoms with Gasteiger partial charge in [0.1, 0.15) is 5.69 Å². The van der Waals surface area contributed by atoms with Gasteiger partial charge < -0.3 is 15.0 Å². The number of halogens is 1. The molecular weight excluding hydrogens is 322 g/mol. The van der Waals surface area contributed by atoms with Gasteiger partial charge in [-0.2, -0.15) is 0 Å². The number of nitrogens with one attached hydrogen (secondary N) is 1. The van der Waals surface area contributed by atoms with Crippen LogP contribution in [-0.4, -0.2) is 20.6 Å². The molecule has 0 bridgehead atoms. The van der Waals surface area contributed by atoms with Crippen LogP contribution >= 0.6 is 15.9 Å². The van der Waals surface area contributed by atoms with Gasteiger partial charge in [0.2, 0.25) is 0 Å². The maximum absolute atomic E-state index is 12.4. The Morgan fingerprint density at radius 1 is 1.55 bits per heavy atom. The van der Waals surface area contributed by atoms with Crippen LogP contribution in [0.3, 0.4) is 0 Å². The number of aliphatic hydroxyl groups excluding tert-OH is 1. The van der Waals surface area contributed by atoms with E-state index in [4.69, 9.17) is 0 Å². The van der Waals surface area contributed by atoms with E-state index < -0.39 is 0 Å². The van der Waals surface area contributed by atoms with Crippen LogP contribution in [0.15, 0.2) is 35.2 Å². The highest BCUT2D eigenvalue weighted by atomic mass is 79.9. The van der Waals surface area contributed by atoms with Gasteiger partial charge >= 0.3 is 0 Å². The largest absolute Gasteiger partial charge is 0.392 e. The van der Waals surface area contributed by atoms with Gasteiger partial charge in [-0.05, 0) is 41.9 Å². The summed E-state index contributed by atoms with van der Waals surface area (Å²) in [4.78, 5) is 16.3. The van der Waals surface area contributed by atoms with Crippen LogP contribution in [0.25, 0.3) is 0 Å². The predicted octanol–water partition coefficient (Wildman–Crippen LogP) is 2.97. The van der Waals surface area contributed by atoms with Gasteiger partial charge in [-0.15, -0.1) is 0 Å². The molecule has 5 nitrogen and oxygen atoms in total. The Kier molecular flexibility index (Phi) is 4.57. The maximum atomic E-state index is 12.4. The van der Waals surface area contributed by atoms with Crippen LogP contribution in [0.4, 0.5) is 5.69 Å². The molecule has 2 N–H and O–H groups in total. The van der Waals surface area contributed by atoms with Crippen LogP contribution in [0.2, 0.25) is 0 Å². The van der Waals surface area contributed by atoms with E-state index in [-0.39, 0.29) is 18.6 Å². The fourth-order valence-electron chi connectivity index (χ4n) is 1.91. The molecule has 0 aromatic carbocycles. The zero-order valence-corrected chi connectivity index (χ0v) is 12.9. The summed E-state index contributed by atoms with van der Waals surface area (Å²) in [5.41, 5.74) is 1.71. The van der Waals surface area contributed by atoms with Gasteiger partial charge in [0.05, 0.1) is 18.5 Å². The van der Waals surface area contributed by atoms with Crippen molar-refractivity contribution in [2.24, 2.45) is 0 Å². The lowest BCUT2D eigenvalue weighted by atomic mass is 10.2. The number of hydrogen-bond acceptors (Lipinski definition) is 3. The van der Waals surface area contributed by atoms with E-state index in [1.54, 1.807) is 18.3 Å². The second-order valence-electron chi connectivity index (χ2n) is 4.69. The molecule has 1 amide bonds. The van der Waals surface area contributed by atoms with Crippen molar-refractivity contribution >= 4 is 27.5 Å². The van der Waals surface area contributed by atoms with Crippen molar-refractivity contribution in [2.45, 2.75) is 26.5 Å². The average Bonchev–Trinajstić information content (AvgIpc) is 2.82. The normalized spacial score (nSPS) is 10.8. The Morgan fingerprint density at radius 2 is 2.30 bits per heavy atom. The standard InChI is InChI=1S/C14H16BrN3O2/c1-9(2)18-7-11(15)5-13(18)14(20)17-12-6-16-4-3-10(12)8-19/h3-7,9,19H,8H2,1-2H3,(H,17,20). The fourth-order valence-corrected chi connectivity index (χ4v) is 2.35. The summed E-state index contributed by atoms with van der Waals surface area (Å²) in [5, 5.41) is 12.0. The molecule has 0 saturated carbocycles. The molecule has 20 heavy (non-hydrogen) atoms. The molecule has 0 fully saturated rings. The monoisotopic (exact) mass is 337 g/mol. The van der Waals surface area contributed by atoms with E-state index >= 15 is 0 Å². The van der Waals surface area contributed by atoms with Crippen LogP contribution in [-0.2, 0) is 6.61 Å². The molecule has 0 aliphatic heterocycles. The zero-order chi connectivity index (χ0) is 14.7. The van der Waals surface area contributed by atoms with Crippen molar-refractivity contribution in [1.29, 1.82) is 0 Å². The minimum absolute atomic E-state index is 0.146. The molecule has 2 heterocycles. The lowest BCUT2D eigenvalue weighted by Gasteiger charge is -2.13. The van der Waals surface area contributed by atoms with Crippen molar-refractivity contribution < 1.29 is 9.90 Å². The number of pyridine rings is 1. The number of aromatic nitrogens is 2. The Morgan fingerprint density at radius 3 is 2.95 bits per heavy atom. The molecule has 0 unspecified atom stereocenters. The SMILES string of the molecule is CC(C)n1cc(Br)cc1C(=O)Nc1cnccc1CO. The first-order chi connectivity index (χ1) is 9.52. The summed E-state index contributed by atoms with van der Waals surface area (Å²) in [6.45, 7) is 3.87. The number of rotatable bonds is 4. The van der Waals surface area contributed by atoms with E-state index in [0.717, 1.165) is 4.47 Å². The highest BCUT2D eigenvalue weighted by Crippen LogP contribution is 2.21. The van der Waals surface area contributed by atoms with Crippen molar-refractivity contribution in [3.8, 4) is 0 Å². The molecule has 2 aromatic heterocycles. The number of nitrogens with zero attached hydrogens (tertiary/aromatic N) is 2. The lowest BCUT2D eigenvalue weighted by molar-refractivity contribution is 0.101. The third-order valence-corrected chi connectivity index (χ3v) is 3.37. The number of carbonyl (C=O) groups excluding carboxylic acids is 1. The third kappa shape index (κ3) is 3.08. The quantitative estimate of drug-likeness (QED) is 0.901. The highest BCUT2D eigenvalue weighted by Gasteiger charge is 2.16. The highest BCUT2D eigenvalue weighted by molar-refractivity contribution is 9.10. The molecule has 0 spiro atoms. The number of aliphatic hydroxyl groups is 1. The van der Waals surface area contributed by atoms with Crippen LogP contribution < -0.4 is 5.32 Å². The van der Waals surface area contributed by atoms with Crippen LogP contribution in [0, 0.1) is 0 Å². The van der Waals surface area contributed by atoms with Gasteiger partial charge in [0, 0.05) is 28.5 Å². The summed E-state index contributed by atoms with van der Waals surface area (Å²) in [7, 11) is 0. The smallest absolute Gasteiger partial charge is 0.272 e. The van der Waals surface area contributed by atoms with Gasteiger partial charge in [-0.25, -0.2) is 0 Å². The minimum atomic E-state index is -0.230. The average molecular weight is 338 g/mol. The van der Waals surface area contributed by atoms with Crippen molar-refractivity contribution in [2.75, 3.05) is 5.32 Å². The first kappa shape index (κ1) is 14.7. The third-order valence-electron chi connectivity index (χ3n) is 2.93. The maximum Gasteiger partial charge on any atom is 0.272 e. The Labute approximate surface area is 125 Å². The number of hydrogen-bond donors (Lipinski definition) is 2. The van der Waals surface area contributed by atoms with E-state index in [0.29, 0.717) is 16.9 Å². The number of amides is 1.